The maximum absolute atomic E-state index is 12.6. The van der Waals surface area contributed by atoms with Crippen LogP contribution in [0.5, 0.6) is 0 Å². The van der Waals surface area contributed by atoms with Crippen molar-refractivity contribution in [2.75, 3.05) is 23.3 Å². The highest BCUT2D eigenvalue weighted by atomic mass is 35.5. The molecule has 1 aliphatic rings. The zero-order valence-corrected chi connectivity index (χ0v) is 15.7. The first-order valence-corrected chi connectivity index (χ1v) is 9.11. The van der Waals surface area contributed by atoms with Crippen LogP contribution in [0.25, 0.3) is 0 Å². The Hall–Kier alpha value is -2.80. The predicted molar refractivity (Wildman–Crippen MR) is 106 cm³/mol. The van der Waals surface area contributed by atoms with E-state index in [2.05, 4.69) is 22.1 Å². The van der Waals surface area contributed by atoms with Crippen LogP contribution in [0, 0.1) is 5.92 Å². The van der Waals surface area contributed by atoms with Crippen LogP contribution in [0.4, 0.5) is 11.4 Å². The number of nitrogens with zero attached hydrogens (tertiary/aromatic N) is 1. The van der Waals surface area contributed by atoms with Crippen molar-refractivity contribution >= 4 is 34.8 Å². The van der Waals surface area contributed by atoms with Crippen LogP contribution >= 0.6 is 11.6 Å². The van der Waals surface area contributed by atoms with Gasteiger partial charge in [-0.2, -0.15) is 0 Å². The maximum atomic E-state index is 12.6. The number of benzene rings is 1. The number of aromatic nitrogens is 1. The largest absolute Gasteiger partial charge is 0.370 e. The first-order valence-electron chi connectivity index (χ1n) is 8.73. The quantitative estimate of drug-likeness (QED) is 0.748. The van der Waals surface area contributed by atoms with Gasteiger partial charge < -0.3 is 20.9 Å². The van der Waals surface area contributed by atoms with E-state index in [1.807, 2.05) is 0 Å². The number of H-pyrrole nitrogens is 1. The predicted octanol–water partition coefficient (Wildman–Crippen LogP) is 2.62. The summed E-state index contributed by atoms with van der Waals surface area (Å²) in [7, 11) is 0. The number of hydrogen-bond acceptors (Lipinski definition) is 4. The van der Waals surface area contributed by atoms with Crippen LogP contribution in [-0.2, 0) is 0 Å². The fourth-order valence-corrected chi connectivity index (χ4v) is 3.43. The SMILES string of the molecule is CC1CCCN(c2ccc(C(N)=O)cc2NC(=O)c2c[nH]c(=O)c(Cl)c2)C1. The van der Waals surface area contributed by atoms with Crippen molar-refractivity contribution < 1.29 is 9.59 Å². The first-order chi connectivity index (χ1) is 12.8. The summed E-state index contributed by atoms with van der Waals surface area (Å²) in [5.41, 5.74) is 6.76. The van der Waals surface area contributed by atoms with Crippen LogP contribution in [0.3, 0.4) is 0 Å². The summed E-state index contributed by atoms with van der Waals surface area (Å²) in [4.78, 5) is 40.2. The van der Waals surface area contributed by atoms with Gasteiger partial charge >= 0.3 is 0 Å². The molecule has 7 nitrogen and oxygen atoms in total. The number of rotatable bonds is 4. The highest BCUT2D eigenvalue weighted by Gasteiger charge is 2.21. The number of pyridine rings is 1. The van der Waals surface area contributed by atoms with E-state index in [4.69, 9.17) is 17.3 Å². The van der Waals surface area contributed by atoms with Crippen molar-refractivity contribution in [3.05, 3.63) is 57.0 Å². The van der Waals surface area contributed by atoms with Crippen LogP contribution in [0.1, 0.15) is 40.5 Å². The maximum Gasteiger partial charge on any atom is 0.266 e. The standard InChI is InChI=1S/C19H21ClN4O3/c1-11-3-2-6-24(10-11)16-5-4-12(17(21)25)8-15(16)23-18(26)13-7-14(20)19(27)22-9-13/h4-5,7-9,11H,2-3,6,10H2,1H3,(H2,21,25)(H,22,27)(H,23,26). The Morgan fingerprint density at radius 2 is 2.07 bits per heavy atom. The van der Waals surface area contributed by atoms with Gasteiger partial charge in [-0.25, -0.2) is 0 Å². The summed E-state index contributed by atoms with van der Waals surface area (Å²) in [6.45, 7) is 3.92. The summed E-state index contributed by atoms with van der Waals surface area (Å²) in [6, 6.07) is 6.33. The van der Waals surface area contributed by atoms with E-state index < -0.39 is 17.4 Å². The summed E-state index contributed by atoms with van der Waals surface area (Å²) >= 11 is 5.80. The van der Waals surface area contributed by atoms with Crippen molar-refractivity contribution in [3.8, 4) is 0 Å². The van der Waals surface area contributed by atoms with Crippen LogP contribution < -0.4 is 21.5 Å². The number of anilines is 2. The summed E-state index contributed by atoms with van der Waals surface area (Å²) in [5, 5.41) is 2.74. The van der Waals surface area contributed by atoms with Crippen molar-refractivity contribution in [1.82, 2.24) is 4.98 Å². The third-order valence-electron chi connectivity index (χ3n) is 4.65. The molecular formula is C19H21ClN4O3. The lowest BCUT2D eigenvalue weighted by molar-refractivity contribution is 0.0996. The number of nitrogens with one attached hydrogen (secondary N) is 2. The molecule has 0 saturated carbocycles. The number of aromatic amines is 1. The number of nitrogens with two attached hydrogens (primary N) is 1. The second-order valence-electron chi connectivity index (χ2n) is 6.81. The number of halogens is 1. The first kappa shape index (κ1) is 19.0. The minimum atomic E-state index is -0.573. The molecular weight excluding hydrogens is 368 g/mol. The summed E-state index contributed by atoms with van der Waals surface area (Å²) in [6.07, 6.45) is 3.51. The molecule has 27 heavy (non-hydrogen) atoms. The lowest BCUT2D eigenvalue weighted by atomic mass is 9.99. The van der Waals surface area contributed by atoms with Crippen LogP contribution in [0.15, 0.2) is 35.3 Å². The number of amides is 2. The average molecular weight is 389 g/mol. The number of primary amides is 1. The molecule has 3 rings (SSSR count). The fraction of sp³-hybridized carbons (Fsp3) is 0.316. The van der Waals surface area contributed by atoms with E-state index in [0.717, 1.165) is 31.6 Å². The Morgan fingerprint density at radius 1 is 1.30 bits per heavy atom. The Balaban J connectivity index is 1.94. The molecule has 0 aliphatic carbocycles. The van der Waals surface area contributed by atoms with E-state index >= 15 is 0 Å². The van der Waals surface area contributed by atoms with Gasteiger partial charge in [-0.1, -0.05) is 18.5 Å². The molecule has 1 saturated heterocycles. The number of carbonyl (C=O) groups is 2. The average Bonchev–Trinajstić information content (AvgIpc) is 2.63. The zero-order chi connectivity index (χ0) is 19.6. The van der Waals surface area contributed by atoms with Crippen molar-refractivity contribution in [2.24, 2.45) is 11.7 Å². The number of carbonyl (C=O) groups excluding carboxylic acids is 2. The Morgan fingerprint density at radius 3 is 2.74 bits per heavy atom. The van der Waals surface area contributed by atoms with Crippen LogP contribution in [-0.4, -0.2) is 29.9 Å². The van der Waals surface area contributed by atoms with Gasteiger partial charge in [0.05, 0.1) is 16.9 Å². The normalized spacial score (nSPS) is 16.8. The summed E-state index contributed by atoms with van der Waals surface area (Å²) in [5.74, 6) is -0.478. The van der Waals surface area contributed by atoms with Gasteiger partial charge in [-0.3, -0.25) is 14.4 Å². The number of hydrogen-bond donors (Lipinski definition) is 3. The van der Waals surface area contributed by atoms with E-state index in [-0.39, 0.29) is 10.6 Å². The molecule has 0 radical (unpaired) electrons. The molecule has 1 fully saturated rings. The molecule has 1 unspecified atom stereocenters. The highest BCUT2D eigenvalue weighted by Crippen LogP contribution is 2.31. The van der Waals surface area contributed by atoms with Crippen molar-refractivity contribution in [1.29, 1.82) is 0 Å². The molecule has 4 N–H and O–H groups in total. The van der Waals surface area contributed by atoms with Gasteiger partial charge in [-0.15, -0.1) is 0 Å². The van der Waals surface area contributed by atoms with Gasteiger partial charge in [0.15, 0.2) is 0 Å². The second-order valence-corrected chi connectivity index (χ2v) is 7.22. The minimum Gasteiger partial charge on any atom is -0.370 e. The third-order valence-corrected chi connectivity index (χ3v) is 4.93. The molecule has 0 spiro atoms. The minimum absolute atomic E-state index is 0.0707. The molecule has 2 heterocycles. The Kier molecular flexibility index (Phi) is 5.51. The number of piperidine rings is 1. The Labute approximate surface area is 161 Å². The van der Waals surface area contributed by atoms with Gasteiger partial charge in [0.25, 0.3) is 11.5 Å². The van der Waals surface area contributed by atoms with E-state index in [9.17, 15) is 14.4 Å². The van der Waals surface area contributed by atoms with E-state index in [1.165, 1.54) is 12.3 Å². The molecule has 2 amide bonds. The van der Waals surface area contributed by atoms with E-state index in [1.54, 1.807) is 18.2 Å². The molecule has 1 atom stereocenters. The monoisotopic (exact) mass is 388 g/mol. The third kappa shape index (κ3) is 4.31. The zero-order valence-electron chi connectivity index (χ0n) is 14.9. The smallest absolute Gasteiger partial charge is 0.266 e. The summed E-state index contributed by atoms with van der Waals surface area (Å²) < 4.78 is 0. The highest BCUT2D eigenvalue weighted by molar-refractivity contribution is 6.30. The van der Waals surface area contributed by atoms with Crippen molar-refractivity contribution in [2.45, 2.75) is 19.8 Å². The van der Waals surface area contributed by atoms with Gasteiger partial charge in [0, 0.05) is 24.8 Å². The lowest BCUT2D eigenvalue weighted by Gasteiger charge is -2.34. The molecule has 8 heteroatoms. The fourth-order valence-electron chi connectivity index (χ4n) is 3.25. The molecule has 1 aromatic carbocycles. The molecule has 1 aromatic heterocycles. The molecule has 1 aliphatic heterocycles. The van der Waals surface area contributed by atoms with Crippen LogP contribution in [0.2, 0.25) is 5.02 Å². The molecule has 0 bridgehead atoms. The topological polar surface area (TPSA) is 108 Å². The second kappa shape index (κ2) is 7.84. The molecule has 142 valence electrons. The Bertz CT molecular complexity index is 941. The van der Waals surface area contributed by atoms with E-state index in [0.29, 0.717) is 17.2 Å². The van der Waals surface area contributed by atoms with Gasteiger partial charge in [0.2, 0.25) is 5.91 Å². The van der Waals surface area contributed by atoms with Gasteiger partial charge in [0.1, 0.15) is 5.02 Å². The van der Waals surface area contributed by atoms with Gasteiger partial charge in [-0.05, 0) is 43.0 Å². The van der Waals surface area contributed by atoms with Crippen molar-refractivity contribution in [3.63, 3.8) is 0 Å². The lowest BCUT2D eigenvalue weighted by Crippen LogP contribution is -2.35. The molecule has 2 aromatic rings.